The Hall–Kier alpha value is -4.04. The molecule has 32 heavy (non-hydrogen) atoms. The van der Waals surface area contributed by atoms with Crippen molar-refractivity contribution in [1.29, 1.82) is 0 Å². The lowest BCUT2D eigenvalue weighted by Gasteiger charge is -2.11. The van der Waals surface area contributed by atoms with E-state index in [1.54, 1.807) is 23.4 Å². The zero-order valence-electron chi connectivity index (χ0n) is 17.2. The van der Waals surface area contributed by atoms with Gasteiger partial charge in [0.1, 0.15) is 5.70 Å². The summed E-state index contributed by atoms with van der Waals surface area (Å²) in [6.07, 6.45) is 9.83. The summed E-state index contributed by atoms with van der Waals surface area (Å²) in [7, 11) is 0. The van der Waals surface area contributed by atoms with E-state index in [9.17, 15) is 4.79 Å². The van der Waals surface area contributed by atoms with Gasteiger partial charge in [-0.2, -0.15) is 5.10 Å². The molecule has 1 N–H and O–H groups in total. The fraction of sp³-hybridized carbons (Fsp3) is 0.120. The third kappa shape index (κ3) is 5.35. The molecule has 0 aliphatic carbocycles. The van der Waals surface area contributed by atoms with Crippen LogP contribution in [0, 0.1) is 11.8 Å². The SMILES string of the molecule is O=C=C(NCCCn1ccnc1)c1ccc(-n2cccn2)c(C#Cc2cccc(Cl)c2)c1. The average molecular weight is 442 g/mol. The molecule has 0 aliphatic heterocycles. The van der Waals surface area contributed by atoms with Gasteiger partial charge in [0.15, 0.2) is 5.94 Å². The first-order valence-corrected chi connectivity index (χ1v) is 10.5. The van der Waals surface area contributed by atoms with Crippen LogP contribution >= 0.6 is 11.6 Å². The summed E-state index contributed by atoms with van der Waals surface area (Å²) < 4.78 is 3.74. The van der Waals surface area contributed by atoms with Gasteiger partial charge in [-0.3, -0.25) is 0 Å². The van der Waals surface area contributed by atoms with Crippen molar-refractivity contribution in [2.75, 3.05) is 6.54 Å². The van der Waals surface area contributed by atoms with Crippen molar-refractivity contribution >= 4 is 23.2 Å². The topological polar surface area (TPSA) is 64.7 Å². The van der Waals surface area contributed by atoms with E-state index in [-0.39, 0.29) is 0 Å². The average Bonchev–Trinajstić information content (AvgIpc) is 3.52. The first-order valence-electron chi connectivity index (χ1n) is 10.1. The highest BCUT2D eigenvalue weighted by atomic mass is 35.5. The fourth-order valence-corrected chi connectivity index (χ4v) is 3.39. The van der Waals surface area contributed by atoms with Crippen LogP contribution in [-0.2, 0) is 11.3 Å². The van der Waals surface area contributed by atoms with Crippen LogP contribution in [0.3, 0.4) is 0 Å². The normalized spacial score (nSPS) is 10.2. The minimum atomic E-state index is 0.397. The monoisotopic (exact) mass is 441 g/mol. The highest BCUT2D eigenvalue weighted by Gasteiger charge is 2.09. The molecule has 0 unspecified atom stereocenters. The van der Waals surface area contributed by atoms with Crippen molar-refractivity contribution in [3.05, 3.63) is 101 Å². The second-order valence-electron chi connectivity index (χ2n) is 7.00. The van der Waals surface area contributed by atoms with E-state index >= 15 is 0 Å². The van der Waals surface area contributed by atoms with Crippen LogP contribution in [0.2, 0.25) is 5.02 Å². The molecule has 0 radical (unpaired) electrons. The molecule has 0 fully saturated rings. The molecular formula is C25H20ClN5O. The zero-order chi connectivity index (χ0) is 22.2. The molecule has 6 nitrogen and oxygen atoms in total. The van der Waals surface area contributed by atoms with Crippen molar-refractivity contribution in [2.24, 2.45) is 0 Å². The van der Waals surface area contributed by atoms with Crippen LogP contribution in [0.4, 0.5) is 0 Å². The summed E-state index contributed by atoms with van der Waals surface area (Å²) in [5.41, 5.74) is 3.47. The maximum absolute atomic E-state index is 11.7. The molecule has 4 aromatic rings. The first kappa shape index (κ1) is 21.2. The number of aryl methyl sites for hydroxylation is 1. The van der Waals surface area contributed by atoms with Crippen LogP contribution in [-0.4, -0.2) is 31.8 Å². The van der Waals surface area contributed by atoms with Gasteiger partial charge in [-0.15, -0.1) is 0 Å². The number of aromatic nitrogens is 4. The van der Waals surface area contributed by atoms with Crippen LogP contribution in [0.1, 0.15) is 23.1 Å². The van der Waals surface area contributed by atoms with E-state index in [1.165, 1.54) is 0 Å². The predicted molar refractivity (Wildman–Crippen MR) is 125 cm³/mol. The number of carbonyl (C=O) groups excluding carboxylic acids is 1. The number of nitrogens with one attached hydrogen (secondary N) is 1. The molecule has 2 aromatic heterocycles. The quantitative estimate of drug-likeness (QED) is 0.268. The van der Waals surface area contributed by atoms with Crippen LogP contribution in [0.25, 0.3) is 11.4 Å². The minimum Gasteiger partial charge on any atom is -0.376 e. The van der Waals surface area contributed by atoms with Crippen LogP contribution in [0.5, 0.6) is 0 Å². The molecule has 2 aromatic carbocycles. The van der Waals surface area contributed by atoms with Gasteiger partial charge in [0, 0.05) is 54.0 Å². The third-order valence-electron chi connectivity index (χ3n) is 4.76. The molecule has 7 heteroatoms. The number of benzene rings is 2. The van der Waals surface area contributed by atoms with E-state index in [2.05, 4.69) is 27.2 Å². The Kier molecular flexibility index (Phi) is 6.84. The summed E-state index contributed by atoms with van der Waals surface area (Å²) in [6, 6.07) is 14.9. The molecule has 0 atom stereocenters. The summed E-state index contributed by atoms with van der Waals surface area (Å²) in [5, 5.41) is 8.13. The Balaban J connectivity index is 1.57. The van der Waals surface area contributed by atoms with Crippen molar-refractivity contribution in [3.8, 4) is 17.5 Å². The van der Waals surface area contributed by atoms with Crippen LogP contribution < -0.4 is 5.32 Å². The van der Waals surface area contributed by atoms with Crippen LogP contribution in [0.15, 0.2) is 79.6 Å². The van der Waals surface area contributed by atoms with Gasteiger partial charge < -0.3 is 9.88 Å². The number of imidazole rings is 1. The number of hydrogen-bond donors (Lipinski definition) is 1. The summed E-state index contributed by atoms with van der Waals surface area (Å²) >= 11 is 6.08. The van der Waals surface area contributed by atoms with Gasteiger partial charge in [-0.25, -0.2) is 14.5 Å². The molecule has 0 bridgehead atoms. The van der Waals surface area contributed by atoms with Gasteiger partial charge in [0.2, 0.25) is 0 Å². The number of rotatable bonds is 7. The maximum atomic E-state index is 11.7. The van der Waals surface area contributed by atoms with Gasteiger partial charge in [0.05, 0.1) is 17.6 Å². The lowest BCUT2D eigenvalue weighted by atomic mass is 10.1. The summed E-state index contributed by atoms with van der Waals surface area (Å²) in [5.74, 6) is 8.37. The highest BCUT2D eigenvalue weighted by molar-refractivity contribution is 6.30. The summed E-state index contributed by atoms with van der Waals surface area (Å²) in [6.45, 7) is 1.45. The largest absolute Gasteiger partial charge is 0.376 e. The highest BCUT2D eigenvalue weighted by Crippen LogP contribution is 2.19. The van der Waals surface area contributed by atoms with E-state index in [4.69, 9.17) is 11.6 Å². The Morgan fingerprint density at radius 1 is 1.06 bits per heavy atom. The third-order valence-corrected chi connectivity index (χ3v) is 4.99. The van der Waals surface area contributed by atoms with Gasteiger partial charge >= 0.3 is 0 Å². The van der Waals surface area contributed by atoms with E-state index in [0.29, 0.717) is 22.8 Å². The van der Waals surface area contributed by atoms with Crippen molar-refractivity contribution in [1.82, 2.24) is 24.6 Å². The fourth-order valence-electron chi connectivity index (χ4n) is 3.20. The second-order valence-corrected chi connectivity index (χ2v) is 7.44. The Morgan fingerprint density at radius 3 is 2.75 bits per heavy atom. The van der Waals surface area contributed by atoms with Crippen molar-refractivity contribution in [3.63, 3.8) is 0 Å². The standard InChI is InChI=1S/C25H20ClN5O/c26-23-5-1-4-20(16-23)6-7-22-17-21(8-9-25(22)31-14-3-11-29-31)24(18-32)28-10-2-13-30-15-12-27-19-30/h1,3-5,8-9,11-12,14-17,19,28H,2,10,13H2. The molecule has 0 spiro atoms. The first-order chi connectivity index (χ1) is 15.7. The molecule has 0 saturated heterocycles. The predicted octanol–water partition coefficient (Wildman–Crippen LogP) is 3.97. The van der Waals surface area contributed by atoms with Gasteiger partial charge in [-0.1, -0.05) is 29.5 Å². The molecule has 158 valence electrons. The zero-order valence-corrected chi connectivity index (χ0v) is 18.0. The van der Waals surface area contributed by atoms with Crippen molar-refractivity contribution < 1.29 is 4.79 Å². The molecule has 4 rings (SSSR count). The van der Waals surface area contributed by atoms with E-state index in [1.807, 2.05) is 71.4 Å². The Morgan fingerprint density at radius 2 is 2.00 bits per heavy atom. The molecule has 0 amide bonds. The molecular weight excluding hydrogens is 422 g/mol. The lowest BCUT2D eigenvalue weighted by Crippen LogP contribution is -2.16. The molecule has 2 heterocycles. The number of halogens is 1. The van der Waals surface area contributed by atoms with E-state index < -0.39 is 0 Å². The van der Waals surface area contributed by atoms with Crippen molar-refractivity contribution in [2.45, 2.75) is 13.0 Å². The van der Waals surface area contributed by atoms with Gasteiger partial charge in [-0.05, 0) is 48.9 Å². The number of hydrogen-bond acceptors (Lipinski definition) is 4. The Bertz CT molecular complexity index is 1290. The number of nitrogens with zero attached hydrogens (tertiary/aromatic N) is 4. The molecule has 0 saturated carbocycles. The molecule has 0 aliphatic rings. The summed E-state index contributed by atoms with van der Waals surface area (Å²) in [4.78, 5) is 15.7. The lowest BCUT2D eigenvalue weighted by molar-refractivity contribution is 0.567. The maximum Gasteiger partial charge on any atom is 0.150 e. The smallest absolute Gasteiger partial charge is 0.150 e. The van der Waals surface area contributed by atoms with Gasteiger partial charge in [0.25, 0.3) is 0 Å². The second kappa shape index (κ2) is 10.3. The van der Waals surface area contributed by atoms with E-state index in [0.717, 1.165) is 29.8 Å². The minimum absolute atomic E-state index is 0.397. The Labute approximate surface area is 191 Å².